The van der Waals surface area contributed by atoms with E-state index in [2.05, 4.69) is 47.9 Å². The summed E-state index contributed by atoms with van der Waals surface area (Å²) in [6, 6.07) is 10.7. The second-order valence-corrected chi connectivity index (χ2v) is 5.38. The zero-order valence-electron chi connectivity index (χ0n) is 10.2. The van der Waals surface area contributed by atoms with E-state index in [9.17, 15) is 0 Å². The second-order valence-electron chi connectivity index (χ2n) is 5.38. The van der Waals surface area contributed by atoms with Gasteiger partial charge in [-0.3, -0.25) is 9.80 Å². The van der Waals surface area contributed by atoms with E-state index in [1.165, 1.54) is 24.2 Å². The fourth-order valence-corrected chi connectivity index (χ4v) is 2.32. The van der Waals surface area contributed by atoms with Crippen LogP contribution in [0.5, 0.6) is 0 Å². The van der Waals surface area contributed by atoms with Gasteiger partial charge in [0.1, 0.15) is 0 Å². The van der Waals surface area contributed by atoms with Gasteiger partial charge in [0.05, 0.1) is 0 Å². The maximum atomic E-state index is 2.50. The van der Waals surface area contributed by atoms with Crippen molar-refractivity contribution in [3.63, 3.8) is 0 Å². The van der Waals surface area contributed by atoms with Crippen molar-refractivity contribution in [2.24, 2.45) is 0 Å². The van der Waals surface area contributed by atoms with E-state index in [1.807, 2.05) is 0 Å². The van der Waals surface area contributed by atoms with E-state index in [-0.39, 0.29) is 0 Å². The summed E-state index contributed by atoms with van der Waals surface area (Å²) >= 11 is 0. The predicted molar refractivity (Wildman–Crippen MR) is 66.2 cm³/mol. The van der Waals surface area contributed by atoms with Crippen molar-refractivity contribution in [3.8, 4) is 0 Å². The normalized spacial score (nSPS) is 36.1. The summed E-state index contributed by atoms with van der Waals surface area (Å²) < 4.78 is 0. The molecule has 2 aliphatic heterocycles. The summed E-state index contributed by atoms with van der Waals surface area (Å²) in [6.07, 6.45) is 0. The van der Waals surface area contributed by atoms with Gasteiger partial charge >= 0.3 is 0 Å². The van der Waals surface area contributed by atoms with Crippen LogP contribution in [0.1, 0.15) is 25.0 Å². The molecule has 2 nitrogen and oxygen atoms in total. The molecule has 2 heterocycles. The molecule has 86 valence electrons. The minimum Gasteiger partial charge on any atom is -0.294 e. The first-order chi connectivity index (χ1) is 7.72. The first kappa shape index (κ1) is 10.3. The molecule has 2 fully saturated rings. The van der Waals surface area contributed by atoms with Gasteiger partial charge in [0, 0.05) is 38.3 Å². The summed E-state index contributed by atoms with van der Waals surface area (Å²) in [5.74, 6) is 0. The van der Waals surface area contributed by atoms with Crippen LogP contribution in [0.15, 0.2) is 24.3 Å². The van der Waals surface area contributed by atoms with Crippen molar-refractivity contribution in [3.05, 3.63) is 35.4 Å². The third-order valence-electron chi connectivity index (χ3n) is 3.74. The summed E-state index contributed by atoms with van der Waals surface area (Å²) in [4.78, 5) is 5.00. The van der Waals surface area contributed by atoms with Crippen LogP contribution in [-0.2, 0) is 13.1 Å². The van der Waals surface area contributed by atoms with Crippen LogP contribution in [0.3, 0.4) is 0 Å². The third kappa shape index (κ3) is 2.28. The molecule has 0 saturated carbocycles. The maximum absolute atomic E-state index is 2.50. The van der Waals surface area contributed by atoms with Crippen LogP contribution in [0.4, 0.5) is 0 Å². The van der Waals surface area contributed by atoms with Crippen LogP contribution in [0.25, 0.3) is 0 Å². The quantitative estimate of drug-likeness (QED) is 0.711. The summed E-state index contributed by atoms with van der Waals surface area (Å²) in [7, 11) is 0. The van der Waals surface area contributed by atoms with Gasteiger partial charge in [-0.05, 0) is 25.0 Å². The Morgan fingerprint density at radius 1 is 1.00 bits per heavy atom. The van der Waals surface area contributed by atoms with Crippen LogP contribution < -0.4 is 0 Å². The highest BCUT2D eigenvalue weighted by Crippen LogP contribution is 2.23. The molecule has 2 aliphatic rings. The predicted octanol–water partition coefficient (Wildman–Crippen LogP) is 2.09. The smallest absolute Gasteiger partial charge is 0.0237 e. The highest BCUT2D eigenvalue weighted by molar-refractivity contribution is 5.24. The van der Waals surface area contributed by atoms with E-state index >= 15 is 0 Å². The molecule has 0 spiro atoms. The standard InChI is InChI=1S/C14H20N2/c1-11-7-15(11)9-13-4-3-5-14(6-13)10-16-8-12(16)2/h3-6,11-12H,7-10H2,1-2H3. The average Bonchev–Trinajstić information content (AvgIpc) is 3.11. The Morgan fingerprint density at radius 3 is 1.81 bits per heavy atom. The topological polar surface area (TPSA) is 6.02 Å². The Labute approximate surface area is 97.9 Å². The van der Waals surface area contributed by atoms with Gasteiger partial charge in [0.15, 0.2) is 0 Å². The van der Waals surface area contributed by atoms with Crippen LogP contribution in [-0.4, -0.2) is 35.0 Å². The molecule has 0 radical (unpaired) electrons. The largest absolute Gasteiger partial charge is 0.294 e. The summed E-state index contributed by atoms with van der Waals surface area (Å²) in [5.41, 5.74) is 2.94. The van der Waals surface area contributed by atoms with Crippen molar-refractivity contribution in [1.82, 2.24) is 9.80 Å². The first-order valence-corrected chi connectivity index (χ1v) is 6.28. The third-order valence-corrected chi connectivity index (χ3v) is 3.74. The average molecular weight is 216 g/mol. The van der Waals surface area contributed by atoms with E-state index < -0.39 is 0 Å². The fourth-order valence-electron chi connectivity index (χ4n) is 2.32. The van der Waals surface area contributed by atoms with Gasteiger partial charge in [-0.1, -0.05) is 24.3 Å². The van der Waals surface area contributed by atoms with E-state index in [0.29, 0.717) is 0 Å². The van der Waals surface area contributed by atoms with Crippen molar-refractivity contribution in [2.45, 2.75) is 39.0 Å². The summed E-state index contributed by atoms with van der Waals surface area (Å²) in [5, 5.41) is 0. The molecule has 1 aromatic rings. The van der Waals surface area contributed by atoms with E-state index in [0.717, 1.165) is 25.2 Å². The molecule has 0 N–H and O–H groups in total. The number of hydrogen-bond donors (Lipinski definition) is 0. The van der Waals surface area contributed by atoms with Gasteiger partial charge in [-0.25, -0.2) is 0 Å². The minimum absolute atomic E-state index is 0.802. The van der Waals surface area contributed by atoms with E-state index in [4.69, 9.17) is 0 Å². The lowest BCUT2D eigenvalue weighted by Crippen LogP contribution is -2.03. The Morgan fingerprint density at radius 2 is 1.44 bits per heavy atom. The van der Waals surface area contributed by atoms with Gasteiger partial charge in [-0.2, -0.15) is 0 Å². The molecule has 4 unspecified atom stereocenters. The van der Waals surface area contributed by atoms with Crippen LogP contribution in [0, 0.1) is 0 Å². The van der Waals surface area contributed by atoms with Crippen molar-refractivity contribution in [2.75, 3.05) is 13.1 Å². The molecular formula is C14H20N2. The van der Waals surface area contributed by atoms with Crippen molar-refractivity contribution >= 4 is 0 Å². The highest BCUT2D eigenvalue weighted by atomic mass is 15.3. The Kier molecular flexibility index (Phi) is 2.49. The van der Waals surface area contributed by atoms with E-state index in [1.54, 1.807) is 0 Å². The maximum Gasteiger partial charge on any atom is 0.0237 e. The Balaban J connectivity index is 1.63. The molecule has 3 rings (SSSR count). The first-order valence-electron chi connectivity index (χ1n) is 6.28. The molecular weight excluding hydrogens is 196 g/mol. The Bertz CT molecular complexity index is 355. The second kappa shape index (κ2) is 3.86. The van der Waals surface area contributed by atoms with Gasteiger partial charge in [0.2, 0.25) is 0 Å². The number of nitrogens with zero attached hydrogens (tertiary/aromatic N) is 2. The van der Waals surface area contributed by atoms with Crippen LogP contribution >= 0.6 is 0 Å². The van der Waals surface area contributed by atoms with Gasteiger partial charge in [-0.15, -0.1) is 0 Å². The molecule has 0 aliphatic carbocycles. The molecule has 2 saturated heterocycles. The van der Waals surface area contributed by atoms with Crippen molar-refractivity contribution in [1.29, 1.82) is 0 Å². The van der Waals surface area contributed by atoms with Crippen LogP contribution in [0.2, 0.25) is 0 Å². The lowest BCUT2D eigenvalue weighted by molar-refractivity contribution is 0.505. The monoisotopic (exact) mass is 216 g/mol. The minimum atomic E-state index is 0.802. The zero-order valence-corrected chi connectivity index (χ0v) is 10.2. The lowest BCUT2D eigenvalue weighted by Gasteiger charge is -2.07. The van der Waals surface area contributed by atoms with Crippen molar-refractivity contribution < 1.29 is 0 Å². The molecule has 4 atom stereocenters. The summed E-state index contributed by atoms with van der Waals surface area (Å²) in [6.45, 7) is 9.39. The molecule has 0 amide bonds. The molecule has 1 aromatic carbocycles. The lowest BCUT2D eigenvalue weighted by atomic mass is 10.1. The Hall–Kier alpha value is -0.860. The number of rotatable bonds is 4. The number of hydrogen-bond acceptors (Lipinski definition) is 2. The molecule has 2 heteroatoms. The fraction of sp³-hybridized carbons (Fsp3) is 0.571. The highest BCUT2D eigenvalue weighted by Gasteiger charge is 2.29. The molecule has 0 bridgehead atoms. The van der Waals surface area contributed by atoms with Gasteiger partial charge < -0.3 is 0 Å². The SMILES string of the molecule is CC1CN1Cc1cccc(CN2CC2C)c1. The zero-order chi connectivity index (χ0) is 11.1. The molecule has 16 heavy (non-hydrogen) atoms. The number of benzene rings is 1. The van der Waals surface area contributed by atoms with Gasteiger partial charge in [0.25, 0.3) is 0 Å². The molecule has 0 aromatic heterocycles.